The van der Waals surface area contributed by atoms with E-state index in [-0.39, 0.29) is 11.1 Å². The second-order valence-electron chi connectivity index (χ2n) is 4.34. The molecule has 0 saturated carbocycles. The van der Waals surface area contributed by atoms with Crippen LogP contribution in [0, 0.1) is 6.92 Å². The lowest BCUT2D eigenvalue weighted by molar-refractivity contribution is -0.137. The Balaban J connectivity index is 3.40. The summed E-state index contributed by atoms with van der Waals surface area (Å²) in [6, 6.07) is 2.03. The van der Waals surface area contributed by atoms with Gasteiger partial charge in [-0.2, -0.15) is 13.2 Å². The van der Waals surface area contributed by atoms with Gasteiger partial charge in [-0.15, -0.1) is 0 Å². The number of nitrogens with two attached hydrogens (primary N) is 1. The fraction of sp³-hybridized carbons (Fsp3) is 0.231. The quantitative estimate of drug-likeness (QED) is 0.589. The summed E-state index contributed by atoms with van der Waals surface area (Å²) in [7, 11) is 0. The van der Waals surface area contributed by atoms with Gasteiger partial charge in [0, 0.05) is 12.6 Å². The first-order chi connectivity index (χ1) is 9.52. The zero-order chi connectivity index (χ0) is 16.4. The molecule has 8 heteroatoms. The zero-order valence-electron chi connectivity index (χ0n) is 11.2. The summed E-state index contributed by atoms with van der Waals surface area (Å²) in [6.07, 6.45) is -3.72. The van der Waals surface area contributed by atoms with Crippen molar-refractivity contribution in [3.05, 3.63) is 34.5 Å². The summed E-state index contributed by atoms with van der Waals surface area (Å²) in [5.41, 5.74) is 3.51. The maximum atomic E-state index is 12.8. The third-order valence-electron chi connectivity index (χ3n) is 2.57. The molecule has 0 fully saturated rings. The number of alkyl halides is 3. The van der Waals surface area contributed by atoms with E-state index in [1.807, 2.05) is 5.32 Å². The number of aliphatic carboxylic acids is 1. The number of halogens is 3. The standard InChI is InChI=1S/C13H13F3N2O3/c1-6-3-8(4-9(11(6)17)13(14,15)16)5-10(12(20)21)18-7(2)19/h3-5H,17H2,1-2H3,(H,18,19)(H,20,21)/b10-5-. The molecule has 1 amide bonds. The molecule has 0 bridgehead atoms. The first-order valence-electron chi connectivity index (χ1n) is 5.72. The molecular formula is C13H13F3N2O3. The lowest BCUT2D eigenvalue weighted by Gasteiger charge is -2.13. The number of anilines is 1. The first-order valence-corrected chi connectivity index (χ1v) is 5.72. The zero-order valence-corrected chi connectivity index (χ0v) is 11.2. The van der Waals surface area contributed by atoms with Crippen LogP contribution in [0.1, 0.15) is 23.6 Å². The Morgan fingerprint density at radius 1 is 1.33 bits per heavy atom. The fourth-order valence-electron chi connectivity index (χ4n) is 1.65. The number of carbonyl (C=O) groups excluding carboxylic acids is 1. The van der Waals surface area contributed by atoms with Crippen molar-refractivity contribution < 1.29 is 27.9 Å². The Morgan fingerprint density at radius 3 is 2.33 bits per heavy atom. The number of nitrogen functional groups attached to an aromatic ring is 1. The number of benzene rings is 1. The molecular weight excluding hydrogens is 289 g/mol. The summed E-state index contributed by atoms with van der Waals surface area (Å²) in [5.74, 6) is -2.11. The number of carboxylic acid groups (broad SMARTS) is 1. The van der Waals surface area contributed by atoms with Gasteiger partial charge in [-0.3, -0.25) is 4.79 Å². The molecule has 0 aliphatic heterocycles. The van der Waals surface area contributed by atoms with E-state index in [2.05, 4.69) is 0 Å². The summed E-state index contributed by atoms with van der Waals surface area (Å²) in [5, 5.41) is 10.9. The molecule has 0 atom stereocenters. The molecule has 114 valence electrons. The molecule has 1 aromatic rings. The van der Waals surface area contributed by atoms with E-state index < -0.39 is 35.0 Å². The smallest absolute Gasteiger partial charge is 0.418 e. The van der Waals surface area contributed by atoms with E-state index in [0.29, 0.717) is 0 Å². The number of rotatable bonds is 3. The summed E-state index contributed by atoms with van der Waals surface area (Å²) < 4.78 is 38.5. The highest BCUT2D eigenvalue weighted by atomic mass is 19.4. The lowest BCUT2D eigenvalue weighted by atomic mass is 10.0. The van der Waals surface area contributed by atoms with Crippen molar-refractivity contribution in [2.45, 2.75) is 20.0 Å². The van der Waals surface area contributed by atoms with Crippen molar-refractivity contribution in [3.8, 4) is 0 Å². The minimum atomic E-state index is -4.66. The van der Waals surface area contributed by atoms with Crippen LogP contribution in [-0.2, 0) is 15.8 Å². The van der Waals surface area contributed by atoms with Gasteiger partial charge in [-0.25, -0.2) is 4.79 Å². The van der Waals surface area contributed by atoms with Gasteiger partial charge in [-0.1, -0.05) is 0 Å². The van der Waals surface area contributed by atoms with Gasteiger partial charge in [-0.05, 0) is 36.3 Å². The Kier molecular flexibility index (Phi) is 4.62. The van der Waals surface area contributed by atoms with Gasteiger partial charge >= 0.3 is 12.1 Å². The Bertz CT molecular complexity index is 622. The lowest BCUT2D eigenvalue weighted by Crippen LogP contribution is -2.24. The molecule has 0 aliphatic rings. The van der Waals surface area contributed by atoms with Crippen LogP contribution in [-0.4, -0.2) is 17.0 Å². The van der Waals surface area contributed by atoms with E-state index in [1.165, 1.54) is 13.0 Å². The minimum Gasteiger partial charge on any atom is -0.477 e. The van der Waals surface area contributed by atoms with Crippen molar-refractivity contribution in [1.29, 1.82) is 0 Å². The SMILES string of the molecule is CC(=O)N/C(=C\c1cc(C)c(N)c(C(F)(F)F)c1)C(=O)O. The van der Waals surface area contributed by atoms with Gasteiger partial charge in [0.2, 0.25) is 5.91 Å². The number of hydrogen-bond acceptors (Lipinski definition) is 3. The third-order valence-corrected chi connectivity index (χ3v) is 2.57. The van der Waals surface area contributed by atoms with Crippen molar-refractivity contribution in [3.63, 3.8) is 0 Å². The highest BCUT2D eigenvalue weighted by Crippen LogP contribution is 2.36. The molecule has 21 heavy (non-hydrogen) atoms. The van der Waals surface area contributed by atoms with E-state index in [0.717, 1.165) is 19.1 Å². The molecule has 0 spiro atoms. The van der Waals surface area contributed by atoms with Gasteiger partial charge in [0.15, 0.2) is 0 Å². The molecule has 0 aliphatic carbocycles. The Labute approximate surface area is 118 Å². The average molecular weight is 302 g/mol. The predicted octanol–water partition coefficient (Wildman–Crippen LogP) is 2.16. The molecule has 0 unspecified atom stereocenters. The molecule has 0 radical (unpaired) electrons. The van der Waals surface area contributed by atoms with Crippen LogP contribution >= 0.6 is 0 Å². The highest BCUT2D eigenvalue weighted by Gasteiger charge is 2.33. The fourth-order valence-corrected chi connectivity index (χ4v) is 1.65. The topological polar surface area (TPSA) is 92.4 Å². The predicted molar refractivity (Wildman–Crippen MR) is 70.0 cm³/mol. The van der Waals surface area contributed by atoms with Crippen LogP contribution in [0.15, 0.2) is 17.8 Å². The van der Waals surface area contributed by atoms with Crippen LogP contribution in [0.25, 0.3) is 6.08 Å². The van der Waals surface area contributed by atoms with Crippen LogP contribution in [0.2, 0.25) is 0 Å². The normalized spacial score (nSPS) is 12.1. The first kappa shape index (κ1) is 16.5. The van der Waals surface area contributed by atoms with Crippen molar-refractivity contribution in [2.75, 3.05) is 5.73 Å². The summed E-state index contributed by atoms with van der Waals surface area (Å²) in [6.45, 7) is 2.47. The van der Waals surface area contributed by atoms with Crippen LogP contribution in [0.5, 0.6) is 0 Å². The highest BCUT2D eigenvalue weighted by molar-refractivity contribution is 5.96. The van der Waals surface area contributed by atoms with E-state index in [4.69, 9.17) is 10.8 Å². The maximum absolute atomic E-state index is 12.8. The van der Waals surface area contributed by atoms with Crippen molar-refractivity contribution in [1.82, 2.24) is 5.32 Å². The molecule has 4 N–H and O–H groups in total. The van der Waals surface area contributed by atoms with Crippen molar-refractivity contribution in [2.24, 2.45) is 0 Å². The van der Waals surface area contributed by atoms with E-state index in [1.54, 1.807) is 0 Å². The second kappa shape index (κ2) is 5.86. The third kappa shape index (κ3) is 4.23. The van der Waals surface area contributed by atoms with Gasteiger partial charge in [0.05, 0.1) is 5.56 Å². The number of amides is 1. The van der Waals surface area contributed by atoms with Crippen LogP contribution in [0.3, 0.4) is 0 Å². The molecule has 5 nitrogen and oxygen atoms in total. The molecule has 0 heterocycles. The number of aryl methyl sites for hydroxylation is 1. The van der Waals surface area contributed by atoms with E-state index in [9.17, 15) is 22.8 Å². The Hall–Kier alpha value is -2.51. The van der Waals surface area contributed by atoms with Crippen LogP contribution in [0.4, 0.5) is 18.9 Å². The monoisotopic (exact) mass is 302 g/mol. The van der Waals surface area contributed by atoms with Gasteiger partial charge < -0.3 is 16.2 Å². The second-order valence-corrected chi connectivity index (χ2v) is 4.34. The maximum Gasteiger partial charge on any atom is 0.418 e. The Morgan fingerprint density at radius 2 is 1.90 bits per heavy atom. The molecule has 1 aromatic carbocycles. The summed E-state index contributed by atoms with van der Waals surface area (Å²) in [4.78, 5) is 21.8. The molecule has 0 saturated heterocycles. The summed E-state index contributed by atoms with van der Waals surface area (Å²) >= 11 is 0. The number of carboxylic acids is 1. The number of hydrogen-bond donors (Lipinski definition) is 3. The average Bonchev–Trinajstić information content (AvgIpc) is 2.30. The van der Waals surface area contributed by atoms with Crippen LogP contribution < -0.4 is 11.1 Å². The van der Waals surface area contributed by atoms with Gasteiger partial charge in [0.25, 0.3) is 0 Å². The largest absolute Gasteiger partial charge is 0.477 e. The van der Waals surface area contributed by atoms with Crippen molar-refractivity contribution >= 4 is 23.6 Å². The molecule has 1 rings (SSSR count). The number of carbonyl (C=O) groups is 2. The van der Waals surface area contributed by atoms with E-state index >= 15 is 0 Å². The number of nitrogens with one attached hydrogen (secondary N) is 1. The molecule has 0 aromatic heterocycles. The minimum absolute atomic E-state index is 0.0276. The van der Waals surface area contributed by atoms with Gasteiger partial charge in [0.1, 0.15) is 5.70 Å².